The predicted molar refractivity (Wildman–Crippen MR) is 64.4 cm³/mol. The zero-order chi connectivity index (χ0) is 11.4. The van der Waals surface area contributed by atoms with Gasteiger partial charge in [-0.25, -0.2) is 4.98 Å². The van der Waals surface area contributed by atoms with Gasteiger partial charge in [0.05, 0.1) is 6.54 Å². The van der Waals surface area contributed by atoms with Gasteiger partial charge in [0, 0.05) is 18.5 Å². The van der Waals surface area contributed by atoms with E-state index in [1.807, 2.05) is 7.05 Å². The largest absolute Gasteiger partial charge is 0.303 e. The number of aryl methyl sites for hydroxylation is 1. The summed E-state index contributed by atoms with van der Waals surface area (Å²) in [7, 11) is 1.91. The highest BCUT2D eigenvalue weighted by Gasteiger charge is 2.30. The van der Waals surface area contributed by atoms with Crippen LogP contribution in [0.2, 0.25) is 0 Å². The Labute approximate surface area is 101 Å². The van der Waals surface area contributed by atoms with Crippen molar-refractivity contribution >= 4 is 11.6 Å². The summed E-state index contributed by atoms with van der Waals surface area (Å²) in [5, 5.41) is 7.63. The van der Waals surface area contributed by atoms with Gasteiger partial charge < -0.3 is 5.32 Å². The molecule has 1 aromatic rings. The van der Waals surface area contributed by atoms with E-state index in [9.17, 15) is 0 Å². The second-order valence-electron chi connectivity index (χ2n) is 4.63. The van der Waals surface area contributed by atoms with Crippen LogP contribution in [-0.4, -0.2) is 26.2 Å². The summed E-state index contributed by atoms with van der Waals surface area (Å²) in [5.41, 5.74) is 0.117. The molecule has 1 heterocycles. The van der Waals surface area contributed by atoms with Crippen LogP contribution in [0.5, 0.6) is 0 Å². The van der Waals surface area contributed by atoms with Crippen LogP contribution in [0, 0.1) is 0 Å². The van der Waals surface area contributed by atoms with Crippen LogP contribution in [0.25, 0.3) is 0 Å². The standard InChI is InChI=1S/C11H19ClN4/c1-16-10(13-9-15-16)7-14-11(8-12)5-3-2-4-6-11/h9,14H,2-8H2,1H3. The van der Waals surface area contributed by atoms with Crippen LogP contribution in [0.4, 0.5) is 0 Å². The number of alkyl halides is 1. The van der Waals surface area contributed by atoms with Crippen LogP contribution in [0.15, 0.2) is 6.33 Å². The van der Waals surface area contributed by atoms with Crippen molar-refractivity contribution in [3.8, 4) is 0 Å². The molecule has 2 rings (SSSR count). The molecule has 0 amide bonds. The molecule has 0 saturated heterocycles. The first-order valence-electron chi connectivity index (χ1n) is 5.90. The Kier molecular flexibility index (Phi) is 3.82. The van der Waals surface area contributed by atoms with Gasteiger partial charge in [-0.2, -0.15) is 5.10 Å². The molecular formula is C11H19ClN4. The van der Waals surface area contributed by atoms with Crippen molar-refractivity contribution < 1.29 is 0 Å². The first kappa shape index (κ1) is 11.9. The van der Waals surface area contributed by atoms with Gasteiger partial charge in [0.15, 0.2) is 0 Å². The maximum atomic E-state index is 6.11. The van der Waals surface area contributed by atoms with E-state index in [1.54, 1.807) is 11.0 Å². The quantitative estimate of drug-likeness (QED) is 0.820. The predicted octanol–water partition coefficient (Wildman–Crippen LogP) is 1.85. The molecule has 0 radical (unpaired) electrons. The van der Waals surface area contributed by atoms with Crippen molar-refractivity contribution in [3.05, 3.63) is 12.2 Å². The molecule has 1 aliphatic rings. The molecule has 4 nitrogen and oxygen atoms in total. The Morgan fingerprint density at radius 2 is 2.19 bits per heavy atom. The summed E-state index contributed by atoms with van der Waals surface area (Å²) in [6.07, 6.45) is 7.83. The highest BCUT2D eigenvalue weighted by Crippen LogP contribution is 2.29. The van der Waals surface area contributed by atoms with Gasteiger partial charge in [-0.15, -0.1) is 11.6 Å². The zero-order valence-corrected chi connectivity index (χ0v) is 10.5. The fourth-order valence-corrected chi connectivity index (χ4v) is 2.69. The second-order valence-corrected chi connectivity index (χ2v) is 4.90. The highest BCUT2D eigenvalue weighted by atomic mass is 35.5. The smallest absolute Gasteiger partial charge is 0.140 e. The Morgan fingerprint density at radius 1 is 1.44 bits per heavy atom. The number of nitrogens with zero attached hydrogens (tertiary/aromatic N) is 3. The third-order valence-corrected chi connectivity index (χ3v) is 4.00. The topological polar surface area (TPSA) is 42.7 Å². The van der Waals surface area contributed by atoms with Crippen molar-refractivity contribution in [2.24, 2.45) is 7.05 Å². The maximum Gasteiger partial charge on any atom is 0.140 e. The molecule has 1 saturated carbocycles. The minimum absolute atomic E-state index is 0.117. The van der Waals surface area contributed by atoms with E-state index in [0.717, 1.165) is 12.4 Å². The average molecular weight is 243 g/mol. The summed E-state index contributed by atoms with van der Waals surface area (Å²) in [6.45, 7) is 0.753. The molecule has 1 fully saturated rings. The Hall–Kier alpha value is -0.610. The summed E-state index contributed by atoms with van der Waals surface area (Å²) in [6, 6.07) is 0. The fourth-order valence-electron chi connectivity index (χ4n) is 2.33. The number of halogens is 1. The van der Waals surface area contributed by atoms with Crippen LogP contribution in [-0.2, 0) is 13.6 Å². The fraction of sp³-hybridized carbons (Fsp3) is 0.818. The molecule has 1 aliphatic carbocycles. The van der Waals surface area contributed by atoms with Gasteiger partial charge in [0.2, 0.25) is 0 Å². The van der Waals surface area contributed by atoms with E-state index in [4.69, 9.17) is 11.6 Å². The molecule has 0 atom stereocenters. The lowest BCUT2D eigenvalue weighted by Gasteiger charge is -2.36. The molecule has 0 spiro atoms. The Balaban J connectivity index is 1.94. The SMILES string of the molecule is Cn1ncnc1CNC1(CCl)CCCCC1. The lowest BCUT2D eigenvalue weighted by Crippen LogP contribution is -2.48. The Morgan fingerprint density at radius 3 is 2.75 bits per heavy atom. The van der Waals surface area contributed by atoms with E-state index in [0.29, 0.717) is 5.88 Å². The summed E-state index contributed by atoms with van der Waals surface area (Å²) >= 11 is 6.11. The normalized spacial score (nSPS) is 19.9. The van der Waals surface area contributed by atoms with Crippen LogP contribution >= 0.6 is 11.6 Å². The number of aromatic nitrogens is 3. The first-order valence-corrected chi connectivity index (χ1v) is 6.43. The van der Waals surface area contributed by atoms with E-state index < -0.39 is 0 Å². The van der Waals surface area contributed by atoms with E-state index in [1.165, 1.54) is 32.1 Å². The number of nitrogens with one attached hydrogen (secondary N) is 1. The van der Waals surface area contributed by atoms with Gasteiger partial charge in [-0.1, -0.05) is 19.3 Å². The number of hydrogen-bond donors (Lipinski definition) is 1. The number of hydrogen-bond acceptors (Lipinski definition) is 3. The minimum Gasteiger partial charge on any atom is -0.303 e. The van der Waals surface area contributed by atoms with Crippen molar-refractivity contribution in [1.29, 1.82) is 0 Å². The number of rotatable bonds is 4. The molecule has 1 aromatic heterocycles. The lowest BCUT2D eigenvalue weighted by molar-refractivity contribution is 0.253. The molecule has 90 valence electrons. The minimum atomic E-state index is 0.117. The third kappa shape index (κ3) is 2.55. The van der Waals surface area contributed by atoms with E-state index >= 15 is 0 Å². The molecule has 0 aromatic carbocycles. The molecule has 5 heteroatoms. The van der Waals surface area contributed by atoms with Crippen LogP contribution in [0.1, 0.15) is 37.9 Å². The second kappa shape index (κ2) is 5.15. The van der Waals surface area contributed by atoms with Crippen molar-refractivity contribution in [2.75, 3.05) is 5.88 Å². The van der Waals surface area contributed by atoms with Crippen LogP contribution < -0.4 is 5.32 Å². The molecule has 16 heavy (non-hydrogen) atoms. The summed E-state index contributed by atoms with van der Waals surface area (Å²) in [4.78, 5) is 4.21. The van der Waals surface area contributed by atoms with Gasteiger partial charge in [0.25, 0.3) is 0 Å². The van der Waals surface area contributed by atoms with Gasteiger partial charge in [-0.3, -0.25) is 4.68 Å². The lowest BCUT2D eigenvalue weighted by atomic mass is 9.83. The molecule has 0 unspecified atom stereocenters. The van der Waals surface area contributed by atoms with E-state index in [2.05, 4.69) is 15.4 Å². The molecule has 1 N–H and O–H groups in total. The monoisotopic (exact) mass is 242 g/mol. The van der Waals surface area contributed by atoms with Crippen molar-refractivity contribution in [3.63, 3.8) is 0 Å². The maximum absolute atomic E-state index is 6.11. The zero-order valence-electron chi connectivity index (χ0n) is 9.75. The highest BCUT2D eigenvalue weighted by molar-refractivity contribution is 6.18. The van der Waals surface area contributed by atoms with Gasteiger partial charge >= 0.3 is 0 Å². The van der Waals surface area contributed by atoms with Crippen molar-refractivity contribution in [2.45, 2.75) is 44.2 Å². The van der Waals surface area contributed by atoms with Crippen LogP contribution in [0.3, 0.4) is 0 Å². The molecule has 0 bridgehead atoms. The average Bonchev–Trinajstić information content (AvgIpc) is 2.74. The summed E-state index contributed by atoms with van der Waals surface area (Å²) < 4.78 is 1.80. The molecule has 0 aliphatic heterocycles. The first-order chi connectivity index (χ1) is 7.76. The van der Waals surface area contributed by atoms with E-state index in [-0.39, 0.29) is 5.54 Å². The van der Waals surface area contributed by atoms with Gasteiger partial charge in [-0.05, 0) is 12.8 Å². The third-order valence-electron chi connectivity index (χ3n) is 3.49. The molecular weight excluding hydrogens is 224 g/mol. The van der Waals surface area contributed by atoms with Crippen molar-refractivity contribution in [1.82, 2.24) is 20.1 Å². The van der Waals surface area contributed by atoms with Gasteiger partial charge in [0.1, 0.15) is 12.2 Å². The summed E-state index contributed by atoms with van der Waals surface area (Å²) in [5.74, 6) is 1.65. The Bertz CT molecular complexity index is 330.